The molecule has 0 saturated heterocycles. The molecule has 1 heterocycles. The molecule has 0 saturated carbocycles. The van der Waals surface area contributed by atoms with Crippen LogP contribution < -0.4 is 0 Å². The van der Waals surface area contributed by atoms with Gasteiger partial charge >= 0.3 is 5.97 Å². The van der Waals surface area contributed by atoms with Gasteiger partial charge in [0.2, 0.25) is 0 Å². The molecule has 0 amide bonds. The Balaban J connectivity index is 2.72. The maximum Gasteiger partial charge on any atom is 0.338 e. The lowest BCUT2D eigenvalue weighted by Crippen LogP contribution is -2.16. The van der Waals surface area contributed by atoms with Gasteiger partial charge in [-0.1, -0.05) is 0 Å². The van der Waals surface area contributed by atoms with Gasteiger partial charge in [-0.25, -0.2) is 4.79 Å². The molecule has 0 aliphatic heterocycles. The SMILES string of the molecule is Cc1ccc(C(OCCO)C(=O)O)s1. The molecule has 4 nitrogen and oxygen atoms in total. The first kappa shape index (κ1) is 11.2. The second-order valence-electron chi connectivity index (χ2n) is 2.76. The van der Waals surface area contributed by atoms with Crippen molar-refractivity contribution in [1.29, 1.82) is 0 Å². The van der Waals surface area contributed by atoms with Crippen molar-refractivity contribution in [3.63, 3.8) is 0 Å². The van der Waals surface area contributed by atoms with Gasteiger partial charge in [0.25, 0.3) is 0 Å². The van der Waals surface area contributed by atoms with Gasteiger partial charge in [0, 0.05) is 9.75 Å². The molecule has 0 fully saturated rings. The van der Waals surface area contributed by atoms with E-state index in [9.17, 15) is 4.79 Å². The maximum absolute atomic E-state index is 10.8. The maximum atomic E-state index is 10.8. The smallest absolute Gasteiger partial charge is 0.338 e. The van der Waals surface area contributed by atoms with Crippen LogP contribution in [0, 0.1) is 6.92 Å². The van der Waals surface area contributed by atoms with Gasteiger partial charge in [0.15, 0.2) is 6.10 Å². The molecule has 2 N–H and O–H groups in total. The summed E-state index contributed by atoms with van der Waals surface area (Å²) in [5, 5.41) is 17.4. The molecule has 0 spiro atoms. The molecule has 0 aliphatic carbocycles. The van der Waals surface area contributed by atoms with E-state index in [1.54, 1.807) is 6.07 Å². The molecule has 1 aromatic rings. The van der Waals surface area contributed by atoms with E-state index in [4.69, 9.17) is 14.9 Å². The Kier molecular flexibility index (Phi) is 4.06. The van der Waals surface area contributed by atoms with Crippen molar-refractivity contribution in [1.82, 2.24) is 0 Å². The Hall–Kier alpha value is -0.910. The van der Waals surface area contributed by atoms with Crippen LogP contribution >= 0.6 is 11.3 Å². The molecular formula is C9H12O4S. The number of hydrogen-bond acceptors (Lipinski definition) is 4. The highest BCUT2D eigenvalue weighted by Crippen LogP contribution is 2.25. The molecule has 78 valence electrons. The molecule has 1 atom stereocenters. The summed E-state index contributed by atoms with van der Waals surface area (Å²) in [5.74, 6) is -1.03. The summed E-state index contributed by atoms with van der Waals surface area (Å²) in [7, 11) is 0. The number of aliphatic carboxylic acids is 1. The summed E-state index contributed by atoms with van der Waals surface area (Å²) in [6, 6.07) is 3.58. The highest BCUT2D eigenvalue weighted by Gasteiger charge is 2.21. The Morgan fingerprint density at radius 2 is 2.36 bits per heavy atom. The first-order valence-corrected chi connectivity index (χ1v) is 4.98. The fraction of sp³-hybridized carbons (Fsp3) is 0.444. The van der Waals surface area contributed by atoms with Crippen LogP contribution in [0.1, 0.15) is 15.9 Å². The Morgan fingerprint density at radius 1 is 1.64 bits per heavy atom. The number of aliphatic hydroxyl groups is 1. The number of hydrogen-bond donors (Lipinski definition) is 2. The van der Waals surface area contributed by atoms with Crippen LogP contribution in [0.5, 0.6) is 0 Å². The van der Waals surface area contributed by atoms with Gasteiger partial charge in [-0.2, -0.15) is 0 Å². The van der Waals surface area contributed by atoms with Gasteiger partial charge in [-0.05, 0) is 19.1 Å². The predicted octanol–water partition coefficient (Wildman–Crippen LogP) is 1.19. The summed E-state index contributed by atoms with van der Waals surface area (Å²) < 4.78 is 5.01. The third kappa shape index (κ3) is 2.80. The van der Waals surface area contributed by atoms with E-state index >= 15 is 0 Å². The normalized spacial score (nSPS) is 12.7. The zero-order valence-corrected chi connectivity index (χ0v) is 8.58. The monoisotopic (exact) mass is 216 g/mol. The lowest BCUT2D eigenvalue weighted by Gasteiger charge is -2.10. The molecule has 1 rings (SSSR count). The van der Waals surface area contributed by atoms with Crippen LogP contribution in [0.3, 0.4) is 0 Å². The lowest BCUT2D eigenvalue weighted by molar-refractivity contribution is -0.151. The van der Waals surface area contributed by atoms with Crippen molar-refractivity contribution in [3.8, 4) is 0 Å². The van der Waals surface area contributed by atoms with Crippen LogP contribution in [0.2, 0.25) is 0 Å². The molecule has 14 heavy (non-hydrogen) atoms. The zero-order valence-electron chi connectivity index (χ0n) is 7.77. The summed E-state index contributed by atoms with van der Waals surface area (Å²) in [5.41, 5.74) is 0. The molecule has 0 radical (unpaired) electrons. The minimum Gasteiger partial charge on any atom is -0.479 e. The van der Waals surface area contributed by atoms with Crippen molar-refractivity contribution < 1.29 is 19.7 Å². The van der Waals surface area contributed by atoms with Crippen LogP contribution in [0.15, 0.2) is 12.1 Å². The largest absolute Gasteiger partial charge is 0.479 e. The van der Waals surface area contributed by atoms with Crippen molar-refractivity contribution >= 4 is 17.3 Å². The van der Waals surface area contributed by atoms with Crippen molar-refractivity contribution in [2.24, 2.45) is 0 Å². The number of ether oxygens (including phenoxy) is 1. The molecule has 0 aliphatic rings. The summed E-state index contributed by atoms with van der Waals surface area (Å²) >= 11 is 1.39. The summed E-state index contributed by atoms with van der Waals surface area (Å²) in [6.45, 7) is 1.77. The quantitative estimate of drug-likeness (QED) is 0.776. The van der Waals surface area contributed by atoms with Crippen molar-refractivity contribution in [3.05, 3.63) is 21.9 Å². The van der Waals surface area contributed by atoms with E-state index in [0.29, 0.717) is 4.88 Å². The van der Waals surface area contributed by atoms with E-state index < -0.39 is 12.1 Å². The molecular weight excluding hydrogens is 204 g/mol. The van der Waals surface area contributed by atoms with Crippen LogP contribution in [0.4, 0.5) is 0 Å². The number of carbonyl (C=O) groups is 1. The number of aliphatic hydroxyl groups excluding tert-OH is 1. The van der Waals surface area contributed by atoms with Crippen molar-refractivity contribution in [2.75, 3.05) is 13.2 Å². The highest BCUT2D eigenvalue weighted by atomic mass is 32.1. The van der Waals surface area contributed by atoms with E-state index in [2.05, 4.69) is 0 Å². The topological polar surface area (TPSA) is 66.8 Å². The fourth-order valence-electron chi connectivity index (χ4n) is 1.04. The average Bonchev–Trinajstić information content (AvgIpc) is 2.52. The van der Waals surface area contributed by atoms with E-state index in [-0.39, 0.29) is 13.2 Å². The molecule has 5 heteroatoms. The molecule has 0 bridgehead atoms. The summed E-state index contributed by atoms with van der Waals surface area (Å²) in [4.78, 5) is 12.5. The zero-order chi connectivity index (χ0) is 10.6. The van der Waals surface area contributed by atoms with Gasteiger partial charge in [-0.3, -0.25) is 0 Å². The first-order chi connectivity index (χ1) is 6.65. The number of aryl methyl sites for hydroxylation is 1. The standard InChI is InChI=1S/C9H12O4S/c1-6-2-3-7(14-6)8(9(11)12)13-5-4-10/h2-3,8,10H,4-5H2,1H3,(H,11,12). The number of carboxylic acid groups (broad SMARTS) is 1. The number of rotatable bonds is 5. The molecule has 1 aromatic heterocycles. The Labute approximate surface area is 85.8 Å². The van der Waals surface area contributed by atoms with Crippen LogP contribution in [-0.2, 0) is 9.53 Å². The van der Waals surface area contributed by atoms with Gasteiger partial charge in [-0.15, -0.1) is 11.3 Å². The number of thiophene rings is 1. The van der Waals surface area contributed by atoms with Crippen molar-refractivity contribution in [2.45, 2.75) is 13.0 Å². The van der Waals surface area contributed by atoms with Gasteiger partial charge in [0.1, 0.15) is 0 Å². The van der Waals surface area contributed by atoms with Gasteiger partial charge in [0.05, 0.1) is 13.2 Å². The third-order valence-electron chi connectivity index (χ3n) is 1.62. The summed E-state index contributed by atoms with van der Waals surface area (Å²) in [6.07, 6.45) is -0.958. The van der Waals surface area contributed by atoms with Gasteiger partial charge < -0.3 is 14.9 Å². The van der Waals surface area contributed by atoms with E-state index in [1.165, 1.54) is 11.3 Å². The second-order valence-corrected chi connectivity index (χ2v) is 4.08. The van der Waals surface area contributed by atoms with Crippen LogP contribution in [-0.4, -0.2) is 29.4 Å². The Bertz CT molecular complexity index is 308. The average molecular weight is 216 g/mol. The predicted molar refractivity (Wildman–Crippen MR) is 52.5 cm³/mol. The van der Waals surface area contributed by atoms with E-state index in [1.807, 2.05) is 13.0 Å². The van der Waals surface area contributed by atoms with E-state index in [0.717, 1.165) is 4.88 Å². The lowest BCUT2D eigenvalue weighted by atomic mass is 10.3. The second kappa shape index (κ2) is 5.09. The Morgan fingerprint density at radius 3 is 2.79 bits per heavy atom. The minimum atomic E-state index is -1.03. The highest BCUT2D eigenvalue weighted by molar-refractivity contribution is 7.12. The molecule has 0 aromatic carbocycles. The minimum absolute atomic E-state index is 0.0356. The third-order valence-corrected chi connectivity index (χ3v) is 2.66. The molecule has 1 unspecified atom stereocenters. The number of carboxylic acids is 1. The fourth-order valence-corrected chi connectivity index (χ4v) is 1.96. The first-order valence-electron chi connectivity index (χ1n) is 4.16. The van der Waals surface area contributed by atoms with Crippen LogP contribution in [0.25, 0.3) is 0 Å².